The number of carboxylic acid groups (broad SMARTS) is 3. The highest BCUT2D eigenvalue weighted by molar-refractivity contribution is 8.03. The number of carbonyl (C=O) groups is 6. The Morgan fingerprint density at radius 1 is 1.19 bits per heavy atom. The number of aromatic nitrogens is 1. The lowest BCUT2D eigenvalue weighted by atomic mass is 10.0. The van der Waals surface area contributed by atoms with Crippen molar-refractivity contribution in [3.8, 4) is 11.5 Å². The van der Waals surface area contributed by atoms with Crippen LogP contribution in [-0.2, 0) is 30.6 Å². The molecule has 0 bridgehead atoms. The van der Waals surface area contributed by atoms with Gasteiger partial charge in [0.15, 0.2) is 28.2 Å². The van der Waals surface area contributed by atoms with Crippen LogP contribution in [0.15, 0.2) is 62.1 Å². The minimum absolute atomic E-state index is 0.0406. The first-order valence-corrected chi connectivity index (χ1v) is 18.1. The number of hydrazine groups is 2. The number of thiazole rings is 1. The molecule has 6 rings (SSSR count). The van der Waals surface area contributed by atoms with E-state index in [1.54, 1.807) is 13.0 Å². The molecule has 1 aromatic heterocycles. The van der Waals surface area contributed by atoms with Gasteiger partial charge in [0, 0.05) is 35.1 Å². The van der Waals surface area contributed by atoms with Crippen LogP contribution in [0.5, 0.6) is 11.5 Å². The van der Waals surface area contributed by atoms with Gasteiger partial charge in [-0.2, -0.15) is 5.01 Å². The van der Waals surface area contributed by atoms with Gasteiger partial charge in [-0.3, -0.25) is 19.3 Å². The number of aromatic hydroxyl groups is 1. The van der Waals surface area contributed by atoms with Gasteiger partial charge in [0.25, 0.3) is 11.8 Å². The number of benzene rings is 1. The highest BCUT2D eigenvalue weighted by atomic mass is 32.2. The van der Waals surface area contributed by atoms with E-state index >= 15 is 0 Å². The number of hydrogen-bond donors (Lipinski definition) is 7. The van der Waals surface area contributed by atoms with Crippen molar-refractivity contribution in [2.75, 3.05) is 17.2 Å². The Morgan fingerprint density at radius 2 is 1.94 bits per heavy atom. The van der Waals surface area contributed by atoms with E-state index in [0.29, 0.717) is 22.1 Å². The van der Waals surface area contributed by atoms with Crippen molar-refractivity contribution < 1.29 is 58.8 Å². The molecule has 3 amide bonds. The third-order valence-corrected chi connectivity index (χ3v) is 10.8. The van der Waals surface area contributed by atoms with E-state index in [-0.39, 0.29) is 33.6 Å². The number of aliphatic carboxylic acids is 1. The minimum atomic E-state index is -1.44. The van der Waals surface area contributed by atoms with Crippen molar-refractivity contribution in [1.29, 1.82) is 0 Å². The van der Waals surface area contributed by atoms with E-state index in [9.17, 15) is 49.2 Å². The van der Waals surface area contributed by atoms with Gasteiger partial charge in [-0.1, -0.05) is 5.16 Å². The maximum atomic E-state index is 13.6. The van der Waals surface area contributed by atoms with Crippen LogP contribution in [0.2, 0.25) is 0 Å². The summed E-state index contributed by atoms with van der Waals surface area (Å²) in [5.41, 5.74) is 8.20. The van der Waals surface area contributed by atoms with Gasteiger partial charge >= 0.3 is 24.0 Å². The van der Waals surface area contributed by atoms with E-state index in [2.05, 4.69) is 26.0 Å². The highest BCUT2D eigenvalue weighted by Crippen LogP contribution is 2.42. The Morgan fingerprint density at radius 3 is 2.59 bits per heavy atom. The molecule has 8 N–H and O–H groups in total. The van der Waals surface area contributed by atoms with Gasteiger partial charge in [0.2, 0.25) is 0 Å². The molecule has 2 aromatic rings. The first-order valence-electron chi connectivity index (χ1n) is 15.2. The number of aromatic carboxylic acids is 1. The number of ether oxygens (including phenoxy) is 1. The normalized spacial score (nSPS) is 19.2. The van der Waals surface area contributed by atoms with E-state index in [0.717, 1.165) is 40.3 Å². The van der Waals surface area contributed by atoms with E-state index < -0.39 is 76.6 Å². The second-order valence-electron chi connectivity index (χ2n) is 11.4. The minimum Gasteiger partial charge on any atom is -0.504 e. The van der Waals surface area contributed by atoms with E-state index in [4.69, 9.17) is 15.3 Å². The zero-order valence-corrected chi connectivity index (χ0v) is 30.2. The molecule has 0 spiro atoms. The number of oxime groups is 1. The summed E-state index contributed by atoms with van der Waals surface area (Å²) in [5.74, 6) is -5.59. The van der Waals surface area contributed by atoms with Gasteiger partial charge in [-0.15, -0.1) is 40.4 Å². The lowest BCUT2D eigenvalue weighted by molar-refractivity contribution is -0.150. The van der Waals surface area contributed by atoms with Crippen LogP contribution >= 0.6 is 34.9 Å². The Kier molecular flexibility index (Phi) is 10.5. The van der Waals surface area contributed by atoms with Crippen molar-refractivity contribution in [1.82, 2.24) is 30.8 Å². The predicted octanol–water partition coefficient (Wildman–Crippen LogP) is 1.28. The summed E-state index contributed by atoms with van der Waals surface area (Å²) in [6, 6.07) is 0.734. The van der Waals surface area contributed by atoms with Gasteiger partial charge in [0.05, 0.1) is 16.8 Å². The summed E-state index contributed by atoms with van der Waals surface area (Å²) in [5, 5.41) is 49.3. The maximum absolute atomic E-state index is 13.6. The number of aliphatic imine (C=N–C) groups is 1. The van der Waals surface area contributed by atoms with Gasteiger partial charge in [-0.25, -0.2) is 29.4 Å². The number of carbonyl (C=O) groups excluding carboxylic acids is 3. The van der Waals surface area contributed by atoms with Crippen LogP contribution in [0.3, 0.4) is 0 Å². The van der Waals surface area contributed by atoms with Crippen molar-refractivity contribution in [3.63, 3.8) is 0 Å². The van der Waals surface area contributed by atoms with Crippen LogP contribution in [-0.4, -0.2) is 110 Å². The number of esters is 1. The molecule has 4 aliphatic rings. The predicted molar refractivity (Wildman–Crippen MR) is 190 cm³/mol. The number of nitrogens with zero attached hydrogens (tertiary/aromatic N) is 6. The number of nitrogens with two attached hydrogens (primary N) is 1. The molecule has 24 heteroatoms. The number of phenols is 1. The number of thioether (sulfide) groups is 2. The summed E-state index contributed by atoms with van der Waals surface area (Å²) < 4.78 is 4.82. The number of nitrogens with one attached hydrogen (secondary N) is 2. The number of carboxylic acids is 2. The first-order chi connectivity index (χ1) is 25.6. The SMILES string of the molecule is CC(=O)Oc1cc(C(=O)O)c(CO/N=C(\C(=O)N[C@@H]2C(=O)N3C(C(=O)O)=C(CSC4=CC(C)=NC5=CN(C(=O)O)NN54)CS[C@H]23)c2csc(N)n2)cc1O. The van der Waals surface area contributed by atoms with Crippen molar-refractivity contribution >= 4 is 87.2 Å². The number of phenolic OH excluding ortho intramolecular Hbond substituents is 1. The molecule has 282 valence electrons. The quantitative estimate of drug-likeness (QED) is 0.0523. The molecule has 5 heterocycles. The third kappa shape index (κ3) is 7.52. The Hall–Kier alpha value is -6.11. The molecule has 1 aromatic carbocycles. The molecule has 1 saturated heterocycles. The summed E-state index contributed by atoms with van der Waals surface area (Å²) >= 11 is 3.39. The fraction of sp³-hybridized carbons (Fsp3) is 0.233. The van der Waals surface area contributed by atoms with Gasteiger partial charge in [0.1, 0.15) is 29.4 Å². The van der Waals surface area contributed by atoms with Crippen molar-refractivity contribution in [2.24, 2.45) is 10.1 Å². The molecule has 2 atom stereocenters. The highest BCUT2D eigenvalue weighted by Gasteiger charge is 2.54. The Labute approximate surface area is 315 Å². The van der Waals surface area contributed by atoms with Gasteiger partial charge < -0.3 is 41.1 Å². The summed E-state index contributed by atoms with van der Waals surface area (Å²) in [7, 11) is 0. The van der Waals surface area contributed by atoms with Crippen LogP contribution in [0.25, 0.3) is 0 Å². The Balaban J connectivity index is 1.16. The first kappa shape index (κ1) is 37.6. The fourth-order valence-electron chi connectivity index (χ4n) is 5.36. The molecule has 0 aliphatic carbocycles. The van der Waals surface area contributed by atoms with Crippen LogP contribution in [0.4, 0.5) is 9.93 Å². The molecular weight excluding hydrogens is 775 g/mol. The summed E-state index contributed by atoms with van der Waals surface area (Å²) in [6.07, 6.45) is 1.71. The second kappa shape index (κ2) is 15.1. The number of anilines is 1. The molecule has 0 unspecified atom stereocenters. The number of nitrogen functional groups attached to an aromatic ring is 1. The number of fused-ring (bicyclic) bond motifs is 2. The number of amides is 3. The number of rotatable bonds is 12. The Bertz CT molecular complexity index is 2160. The van der Waals surface area contributed by atoms with Crippen LogP contribution in [0, 0.1) is 0 Å². The monoisotopic (exact) mass is 801 g/mol. The zero-order valence-electron chi connectivity index (χ0n) is 27.7. The maximum Gasteiger partial charge on any atom is 0.427 e. The van der Waals surface area contributed by atoms with Crippen molar-refractivity contribution in [3.05, 3.63) is 68.7 Å². The smallest absolute Gasteiger partial charge is 0.427 e. The fourth-order valence-corrected chi connectivity index (χ4v) is 8.46. The molecule has 0 saturated carbocycles. The summed E-state index contributed by atoms with van der Waals surface area (Å²) in [4.78, 5) is 88.9. The molecule has 1 fully saturated rings. The third-order valence-electron chi connectivity index (χ3n) is 7.69. The van der Waals surface area contributed by atoms with Crippen LogP contribution in [0.1, 0.15) is 35.5 Å². The largest absolute Gasteiger partial charge is 0.504 e. The molecule has 54 heavy (non-hydrogen) atoms. The second-order valence-corrected chi connectivity index (χ2v) is 14.4. The molecular formula is C30H27N9O12S3. The van der Waals surface area contributed by atoms with E-state index in [1.165, 1.54) is 40.1 Å². The average molecular weight is 802 g/mol. The molecule has 21 nitrogen and oxygen atoms in total. The standard InChI is InChI=1S/C30H27N9O12S3/c1-11-3-20(39-19(32-11)6-37(36-39)30(48)49)52-8-14-9-53-26-22(25(43)38(26)23(14)28(46)47)34-24(42)21(16-10-54-29(31)33-16)35-50-7-13-4-17(41)18(51-12(2)40)5-15(13)27(44)45/h3-6,10,22,26,36,41H,7-9H2,1-2H3,(H2,31,33)(H,34,42)(H,44,45)(H,46,47)(H,48,49)/b35-21-/t22-,26-/m1/s1. The number of allylic oxidation sites excluding steroid dienone is 1. The number of β-lactam (4-membered cyclic amide) rings is 1. The lowest BCUT2D eigenvalue weighted by Crippen LogP contribution is -2.71. The van der Waals surface area contributed by atoms with Gasteiger partial charge in [-0.05, 0) is 30.7 Å². The zero-order chi connectivity index (χ0) is 39.0. The topological polar surface area (TPSA) is 299 Å². The van der Waals surface area contributed by atoms with E-state index in [1.807, 2.05) is 0 Å². The van der Waals surface area contributed by atoms with Crippen LogP contribution < -0.4 is 21.3 Å². The van der Waals surface area contributed by atoms with Crippen molar-refractivity contribution in [2.45, 2.75) is 31.9 Å². The molecule has 0 radical (unpaired) electrons. The summed E-state index contributed by atoms with van der Waals surface area (Å²) in [6.45, 7) is 2.20. The lowest BCUT2D eigenvalue weighted by Gasteiger charge is -2.49. The number of hydrogen-bond acceptors (Lipinski definition) is 18. The molecule has 4 aliphatic heterocycles. The average Bonchev–Trinajstić information content (AvgIpc) is 3.74.